The number of hydrogen-bond donors (Lipinski definition) is 4. The molecule has 0 amide bonds. The molecule has 2 aliphatic heterocycles. The number of hydrogen-bond acceptors (Lipinski definition) is 17. The predicted octanol–water partition coefficient (Wildman–Crippen LogP) is 7.78. The summed E-state index contributed by atoms with van der Waals surface area (Å²) < 4.78 is 94.3. The minimum Gasteiger partial charge on any atom is -0.411 e. The Hall–Kier alpha value is -7.34. The van der Waals surface area contributed by atoms with Gasteiger partial charge in [-0.2, -0.15) is 36.3 Å². The molecule has 2 aromatic carbocycles. The van der Waals surface area contributed by atoms with Crippen LogP contribution in [0, 0.1) is 43.9 Å². The van der Waals surface area contributed by atoms with E-state index in [0.717, 1.165) is 17.1 Å². The number of Topliss-reactive ketones (excluding diaryl/α,β-unsaturated/α-hetero) is 2. The first-order chi connectivity index (χ1) is 36.9. The van der Waals surface area contributed by atoms with Gasteiger partial charge in [-0.15, -0.1) is 0 Å². The highest BCUT2D eigenvalue weighted by molar-refractivity contribution is 6.74. The van der Waals surface area contributed by atoms with Gasteiger partial charge >= 0.3 is 23.7 Å². The second kappa shape index (κ2) is 26.5. The largest absolute Gasteiger partial charge is 0.450 e. The maximum atomic E-state index is 12.9. The molecule has 426 valence electrons. The molecule has 79 heavy (non-hydrogen) atoms. The number of carbonyl (C=O) groups is 2. The molecule has 2 aromatic heterocycles. The topological polar surface area (TPSA) is 282 Å². The van der Waals surface area contributed by atoms with Crippen LogP contribution in [0.4, 0.5) is 49.4 Å². The summed E-state index contributed by atoms with van der Waals surface area (Å²) in [4.78, 5) is 76.9. The molecule has 0 bridgehead atoms. The first-order valence-electron chi connectivity index (χ1n) is 24.6. The number of anilines is 2. The zero-order chi connectivity index (χ0) is 58.6. The van der Waals surface area contributed by atoms with Crippen LogP contribution in [0.2, 0.25) is 18.1 Å². The maximum Gasteiger partial charge on any atom is 0.450 e. The fraction of sp³-hybridized carbons (Fsp3) is 0.490. The molecule has 0 radical (unpaired) electrons. The van der Waals surface area contributed by atoms with Gasteiger partial charge in [-0.1, -0.05) is 51.4 Å². The van der Waals surface area contributed by atoms with Crippen molar-refractivity contribution in [2.24, 2.45) is 0 Å². The van der Waals surface area contributed by atoms with Crippen LogP contribution in [-0.4, -0.2) is 102 Å². The van der Waals surface area contributed by atoms with Crippen molar-refractivity contribution in [1.29, 1.82) is 0 Å². The van der Waals surface area contributed by atoms with Crippen LogP contribution in [0.1, 0.15) is 107 Å². The molecule has 4 heterocycles. The molecule has 2 aliphatic rings. The van der Waals surface area contributed by atoms with Crippen LogP contribution in [0.15, 0.2) is 70.5 Å². The molecule has 2 unspecified atom stereocenters. The number of alkyl halides is 6. The first kappa shape index (κ1) is 62.5. The lowest BCUT2D eigenvalue weighted by molar-refractivity contribution is -0.385. The Morgan fingerprint density at radius 2 is 1.19 bits per heavy atom. The second-order valence-corrected chi connectivity index (χ2v) is 24.4. The molecule has 4 N–H and O–H groups in total. The van der Waals surface area contributed by atoms with Gasteiger partial charge in [-0.3, -0.25) is 39.0 Å². The first-order valence-corrected chi connectivity index (χ1v) is 27.5. The van der Waals surface area contributed by atoms with E-state index in [0.29, 0.717) is 6.42 Å². The van der Waals surface area contributed by atoms with Gasteiger partial charge in [0.1, 0.15) is 30.2 Å². The standard InChI is InChI=1S/C29H37F3N4O6Si.C22H21F3N4O7/c1-7-22-23(42-43(5,6)28(2,3)4)17-26(41-22)35-15-14-25(34-27(35)38)33-18-20-13-12-19(16-21(20)36(39)40)10-8-9-11-24(37)29(30,31)32;23-22(24,25)18(32)4-2-1-3-13-5-6-14(15(9-13)29(34)35)11-26-19-7-8-28(21(33)27-19)20-10-16(31)17(12-30)36-20/h12-16,22-23,26H,7,9,11,17-18H2,1-6H3,(H,33,34,38);5-9,16-17,20,30-31H,2,4,10-12H2,(H,26,27,33)/t22-,23?,26-;16?,17-,20-/m11/s1. The number of nitrogens with zero attached hydrogens (tertiary/aromatic N) is 6. The normalized spacial score (nSPS) is 19.2. The molecule has 2 fully saturated rings. The monoisotopic (exact) mass is 1130 g/mol. The van der Waals surface area contributed by atoms with Crippen LogP contribution < -0.4 is 22.0 Å². The Labute approximate surface area is 449 Å². The number of nitrogens with one attached hydrogen (secondary N) is 2. The Morgan fingerprint density at radius 3 is 1.56 bits per heavy atom. The van der Waals surface area contributed by atoms with E-state index in [4.69, 9.17) is 19.0 Å². The summed E-state index contributed by atoms with van der Waals surface area (Å²) in [5.74, 6) is 6.45. The van der Waals surface area contributed by atoms with Gasteiger partial charge in [-0.25, -0.2) is 9.59 Å². The number of ether oxygens (including phenoxy) is 2. The minimum atomic E-state index is -4.93. The zero-order valence-electron chi connectivity index (χ0n) is 43.6. The van der Waals surface area contributed by atoms with Crippen molar-refractivity contribution in [3.63, 3.8) is 0 Å². The summed E-state index contributed by atoms with van der Waals surface area (Å²) in [7, 11) is -2.06. The molecule has 4 aromatic rings. The molecular formula is C51H58F6N8O13Si. The van der Waals surface area contributed by atoms with E-state index >= 15 is 0 Å². The van der Waals surface area contributed by atoms with Gasteiger partial charge in [0, 0.05) is 98.4 Å². The molecule has 0 saturated carbocycles. The summed E-state index contributed by atoms with van der Waals surface area (Å²) >= 11 is 0. The molecule has 21 nitrogen and oxygen atoms in total. The van der Waals surface area contributed by atoms with Crippen LogP contribution in [0.25, 0.3) is 0 Å². The lowest BCUT2D eigenvalue weighted by atomic mass is 10.1. The average molecular weight is 1130 g/mol. The van der Waals surface area contributed by atoms with Crippen molar-refractivity contribution < 1.29 is 69.9 Å². The fourth-order valence-corrected chi connectivity index (χ4v) is 9.04. The second-order valence-electron chi connectivity index (χ2n) is 19.7. The molecule has 0 spiro atoms. The van der Waals surface area contributed by atoms with E-state index in [2.05, 4.69) is 78.1 Å². The van der Waals surface area contributed by atoms with Crippen molar-refractivity contribution in [1.82, 2.24) is 19.1 Å². The number of carbonyl (C=O) groups excluding carboxylic acids is 2. The summed E-state index contributed by atoms with van der Waals surface area (Å²) in [5.41, 5.74) is -0.892. The Balaban J connectivity index is 0.000000295. The van der Waals surface area contributed by atoms with Crippen molar-refractivity contribution in [3.05, 3.63) is 124 Å². The summed E-state index contributed by atoms with van der Waals surface area (Å²) in [6, 6.07) is 11.2. The average Bonchev–Trinajstić information content (AvgIpc) is 4.02. The predicted molar refractivity (Wildman–Crippen MR) is 275 cm³/mol. The number of ketones is 2. The maximum absolute atomic E-state index is 12.9. The Bertz CT molecular complexity index is 3120. The number of aliphatic hydroxyl groups is 2. The van der Waals surface area contributed by atoms with E-state index in [1.54, 1.807) is 12.3 Å². The summed E-state index contributed by atoms with van der Waals surface area (Å²) in [5, 5.41) is 47.9. The van der Waals surface area contributed by atoms with Crippen LogP contribution >= 0.6 is 0 Å². The smallest absolute Gasteiger partial charge is 0.411 e. The number of halogens is 6. The number of nitro benzene ring substituents is 2. The van der Waals surface area contributed by atoms with Gasteiger partial charge in [0.05, 0.1) is 34.8 Å². The lowest BCUT2D eigenvalue weighted by Gasteiger charge is -2.39. The van der Waals surface area contributed by atoms with Gasteiger partial charge in [0.15, 0.2) is 8.32 Å². The van der Waals surface area contributed by atoms with E-state index in [1.165, 1.54) is 47.2 Å². The number of aromatic nitrogens is 4. The van der Waals surface area contributed by atoms with E-state index in [9.17, 15) is 70.9 Å². The third kappa shape index (κ3) is 17.3. The van der Waals surface area contributed by atoms with Crippen molar-refractivity contribution in [2.75, 3.05) is 17.2 Å². The van der Waals surface area contributed by atoms with Gasteiger partial charge in [0.2, 0.25) is 11.6 Å². The Morgan fingerprint density at radius 1 is 0.759 bits per heavy atom. The van der Waals surface area contributed by atoms with Gasteiger partial charge < -0.3 is 34.7 Å². The minimum absolute atomic E-state index is 0.0269. The van der Waals surface area contributed by atoms with Crippen LogP contribution in [-0.2, 0) is 36.6 Å². The molecule has 6 rings (SSSR count). The summed E-state index contributed by atoms with van der Waals surface area (Å²) in [6.45, 7) is 12.4. The molecule has 6 atom stereocenters. The third-order valence-electron chi connectivity index (χ3n) is 13.0. The highest BCUT2D eigenvalue weighted by Crippen LogP contribution is 2.41. The molecule has 28 heteroatoms. The summed E-state index contributed by atoms with van der Waals surface area (Å²) in [6.07, 6.45) is -11.2. The van der Waals surface area contributed by atoms with Gasteiger partial charge in [-0.05, 0) is 61.0 Å². The van der Waals surface area contributed by atoms with E-state index < -0.39 is 97.6 Å². The Kier molecular flexibility index (Phi) is 21.0. The molecule has 2 saturated heterocycles. The van der Waals surface area contributed by atoms with Crippen LogP contribution in [0.5, 0.6) is 0 Å². The fourth-order valence-electron chi connectivity index (χ4n) is 7.68. The quantitative estimate of drug-likeness (QED) is 0.0243. The van der Waals surface area contributed by atoms with Crippen LogP contribution in [0.3, 0.4) is 0 Å². The highest BCUT2D eigenvalue weighted by Gasteiger charge is 2.45. The highest BCUT2D eigenvalue weighted by atomic mass is 28.4. The van der Waals surface area contributed by atoms with Crippen molar-refractivity contribution in [3.8, 4) is 23.7 Å². The third-order valence-corrected chi connectivity index (χ3v) is 17.5. The van der Waals surface area contributed by atoms with E-state index in [1.807, 2.05) is 6.92 Å². The molecular weight excluding hydrogens is 1070 g/mol. The van der Waals surface area contributed by atoms with Crippen molar-refractivity contribution in [2.45, 2.75) is 153 Å². The zero-order valence-corrected chi connectivity index (χ0v) is 44.6. The number of benzene rings is 2. The molecule has 0 aliphatic carbocycles. The van der Waals surface area contributed by atoms with E-state index in [-0.39, 0.29) is 94.9 Å². The lowest BCUT2D eigenvalue weighted by Crippen LogP contribution is -2.45. The SMILES string of the molecule is CC[C@H]1O[C@@H](n2ccc(NCc3ccc(C#CCCC(=O)C(F)(F)F)cc3[N+](=O)[O-])nc2=O)CC1O[Si](C)(C)C(C)(C)C.O=C(CCC#Cc1ccc(CNc2ccn([C@H]3CC(O)[C@@H](CO)O3)c(=O)n2)c([N+](=O)[O-])c1)C(F)(F)F. The van der Waals surface area contributed by atoms with Gasteiger partial charge in [0.25, 0.3) is 11.4 Å². The number of rotatable bonds is 18. The van der Waals surface area contributed by atoms with Crippen molar-refractivity contribution >= 4 is 42.9 Å². The number of nitro groups is 2. The number of aliphatic hydroxyl groups excluding tert-OH is 2.